The van der Waals surface area contributed by atoms with Crippen LogP contribution >= 0.6 is 0 Å². The highest BCUT2D eigenvalue weighted by Gasteiger charge is 2.39. The number of anilines is 1. The number of nitrogens with zero attached hydrogens (tertiary/aromatic N) is 1. The molecule has 0 bridgehead atoms. The number of amides is 1. The highest BCUT2D eigenvalue weighted by Crippen LogP contribution is 2.43. The lowest BCUT2D eigenvalue weighted by Gasteiger charge is -2.34. The molecular formula is C24H23N3O4. The topological polar surface area (TPSA) is 101 Å². The third-order valence-corrected chi connectivity index (χ3v) is 5.82. The van der Waals surface area contributed by atoms with Crippen LogP contribution in [0.5, 0.6) is 0 Å². The van der Waals surface area contributed by atoms with Gasteiger partial charge in [0.1, 0.15) is 0 Å². The molecule has 7 heteroatoms. The molecule has 0 saturated carbocycles. The van der Waals surface area contributed by atoms with Crippen molar-refractivity contribution in [2.24, 2.45) is 0 Å². The van der Waals surface area contributed by atoms with E-state index >= 15 is 0 Å². The van der Waals surface area contributed by atoms with Crippen LogP contribution in [0.4, 0.5) is 11.4 Å². The van der Waals surface area contributed by atoms with E-state index in [0.717, 1.165) is 12.1 Å². The van der Waals surface area contributed by atoms with Gasteiger partial charge in [0, 0.05) is 52.2 Å². The number of ketones is 1. The number of carbonyl (C=O) groups excluding carboxylic acids is 2. The number of para-hydroxylation sites is 1. The van der Waals surface area contributed by atoms with Crippen LogP contribution in [0, 0.1) is 17.0 Å². The smallest absolute Gasteiger partial charge is 0.272 e. The molecule has 0 unspecified atom stereocenters. The Bertz CT molecular complexity index is 1150. The van der Waals surface area contributed by atoms with Gasteiger partial charge in [0.15, 0.2) is 5.78 Å². The van der Waals surface area contributed by atoms with Crippen molar-refractivity contribution in [2.75, 3.05) is 5.32 Å². The molecule has 158 valence electrons. The van der Waals surface area contributed by atoms with Gasteiger partial charge in [0.2, 0.25) is 0 Å². The van der Waals surface area contributed by atoms with Crippen LogP contribution in [0.25, 0.3) is 0 Å². The maximum atomic E-state index is 13.4. The van der Waals surface area contributed by atoms with E-state index in [0.29, 0.717) is 46.5 Å². The molecular weight excluding hydrogens is 394 g/mol. The first-order valence-electron chi connectivity index (χ1n) is 10.2. The van der Waals surface area contributed by atoms with E-state index in [9.17, 15) is 19.7 Å². The van der Waals surface area contributed by atoms with Crippen molar-refractivity contribution in [3.8, 4) is 0 Å². The molecule has 0 fully saturated rings. The van der Waals surface area contributed by atoms with Gasteiger partial charge >= 0.3 is 0 Å². The van der Waals surface area contributed by atoms with Gasteiger partial charge in [0.25, 0.3) is 11.6 Å². The van der Waals surface area contributed by atoms with E-state index in [-0.39, 0.29) is 17.4 Å². The predicted molar refractivity (Wildman–Crippen MR) is 117 cm³/mol. The molecule has 0 spiro atoms. The van der Waals surface area contributed by atoms with Crippen LogP contribution in [0.1, 0.15) is 43.2 Å². The first-order valence-corrected chi connectivity index (χ1v) is 10.2. The molecule has 2 aromatic carbocycles. The molecule has 0 aromatic heterocycles. The van der Waals surface area contributed by atoms with Crippen molar-refractivity contribution in [3.63, 3.8) is 0 Å². The second-order valence-corrected chi connectivity index (χ2v) is 7.89. The Labute approximate surface area is 180 Å². The molecule has 7 nitrogen and oxygen atoms in total. The Kier molecular flexibility index (Phi) is 5.42. The summed E-state index contributed by atoms with van der Waals surface area (Å²) in [6, 6.07) is 14.0. The van der Waals surface area contributed by atoms with Crippen LogP contribution in [0.3, 0.4) is 0 Å². The molecule has 1 atom stereocenters. The van der Waals surface area contributed by atoms with Crippen LogP contribution < -0.4 is 10.6 Å². The highest BCUT2D eigenvalue weighted by atomic mass is 16.6. The van der Waals surface area contributed by atoms with Crippen molar-refractivity contribution < 1.29 is 14.5 Å². The maximum Gasteiger partial charge on any atom is 0.272 e. The number of nitro groups is 1. The quantitative estimate of drug-likeness (QED) is 0.563. The van der Waals surface area contributed by atoms with E-state index < -0.39 is 10.8 Å². The van der Waals surface area contributed by atoms with Gasteiger partial charge < -0.3 is 10.6 Å². The number of nitro benzene ring substituents is 1. The zero-order valence-electron chi connectivity index (χ0n) is 17.4. The molecule has 0 saturated heterocycles. The van der Waals surface area contributed by atoms with E-state index in [1.807, 2.05) is 18.2 Å². The molecule has 0 radical (unpaired) electrons. The Hall–Kier alpha value is -3.74. The van der Waals surface area contributed by atoms with Crippen molar-refractivity contribution in [2.45, 2.75) is 39.0 Å². The minimum absolute atomic E-state index is 0.0260. The van der Waals surface area contributed by atoms with Crippen LogP contribution in [0.15, 0.2) is 71.1 Å². The fraction of sp³-hybridized carbons (Fsp3) is 0.250. The zero-order chi connectivity index (χ0) is 22.1. The average molecular weight is 417 g/mol. The molecule has 2 N–H and O–H groups in total. The van der Waals surface area contributed by atoms with Gasteiger partial charge in [-0.25, -0.2) is 0 Å². The summed E-state index contributed by atoms with van der Waals surface area (Å²) in [5, 5.41) is 17.7. The van der Waals surface area contributed by atoms with Crippen LogP contribution in [-0.4, -0.2) is 16.6 Å². The van der Waals surface area contributed by atoms with Crippen LogP contribution in [-0.2, 0) is 9.59 Å². The van der Waals surface area contributed by atoms with Crippen LogP contribution in [0.2, 0.25) is 0 Å². The molecule has 2 aromatic rings. The third-order valence-electron chi connectivity index (χ3n) is 5.82. The second kappa shape index (κ2) is 8.18. The lowest BCUT2D eigenvalue weighted by atomic mass is 9.74. The number of carbonyl (C=O) groups is 2. The van der Waals surface area contributed by atoms with Crippen molar-refractivity contribution in [1.82, 2.24) is 5.32 Å². The summed E-state index contributed by atoms with van der Waals surface area (Å²) in [5.74, 6) is -1.03. The number of nitrogens with one attached hydrogen (secondary N) is 2. The summed E-state index contributed by atoms with van der Waals surface area (Å²) >= 11 is 0. The van der Waals surface area contributed by atoms with E-state index in [2.05, 4.69) is 10.6 Å². The van der Waals surface area contributed by atoms with Crippen molar-refractivity contribution >= 4 is 23.1 Å². The largest absolute Gasteiger partial charge is 0.362 e. The number of dihydropyridines is 1. The Morgan fingerprint density at radius 3 is 2.58 bits per heavy atom. The Morgan fingerprint density at radius 1 is 1.13 bits per heavy atom. The number of hydrogen-bond acceptors (Lipinski definition) is 5. The lowest BCUT2D eigenvalue weighted by Crippen LogP contribution is -2.35. The average Bonchev–Trinajstić information content (AvgIpc) is 2.73. The third kappa shape index (κ3) is 3.86. The summed E-state index contributed by atoms with van der Waals surface area (Å²) < 4.78 is 0. The lowest BCUT2D eigenvalue weighted by molar-refractivity contribution is -0.385. The summed E-state index contributed by atoms with van der Waals surface area (Å²) in [6.45, 7) is 3.48. The molecule has 1 amide bonds. The summed E-state index contributed by atoms with van der Waals surface area (Å²) in [5.41, 5.74) is 4.10. The van der Waals surface area contributed by atoms with Gasteiger partial charge in [-0.05, 0) is 44.4 Å². The van der Waals surface area contributed by atoms with Gasteiger partial charge in [-0.3, -0.25) is 19.7 Å². The molecule has 2 aliphatic rings. The Morgan fingerprint density at radius 2 is 1.87 bits per heavy atom. The molecule has 1 heterocycles. The minimum Gasteiger partial charge on any atom is -0.362 e. The second-order valence-electron chi connectivity index (χ2n) is 7.89. The standard InChI is InChI=1S/C24H23N3O4/c1-14-11-12-16(13-19(14)27(30)31)22-21(24(29)26-17-7-4-3-5-8-17)15(2)25-18-9-6-10-20(28)23(18)22/h3-5,7-8,11-13,22,25H,6,9-10H2,1-2H3,(H,26,29)/t22-/m1/s1. The maximum absolute atomic E-state index is 13.4. The number of Topliss-reactive ketones (excluding diaryl/α,β-unsaturated/α-hetero) is 1. The van der Waals surface area contributed by atoms with Gasteiger partial charge in [-0.15, -0.1) is 0 Å². The molecule has 1 aliphatic heterocycles. The first-order chi connectivity index (χ1) is 14.9. The molecule has 1 aliphatic carbocycles. The summed E-state index contributed by atoms with van der Waals surface area (Å²) in [6.07, 6.45) is 1.85. The van der Waals surface area contributed by atoms with E-state index in [4.69, 9.17) is 0 Å². The van der Waals surface area contributed by atoms with E-state index in [1.54, 1.807) is 38.1 Å². The van der Waals surface area contributed by atoms with Gasteiger partial charge in [-0.1, -0.05) is 30.3 Å². The molecule has 31 heavy (non-hydrogen) atoms. The number of aryl methyl sites for hydroxylation is 1. The van der Waals surface area contributed by atoms with Gasteiger partial charge in [0.05, 0.1) is 4.92 Å². The first kappa shape index (κ1) is 20.5. The summed E-state index contributed by atoms with van der Waals surface area (Å²) in [7, 11) is 0. The monoisotopic (exact) mass is 417 g/mol. The predicted octanol–water partition coefficient (Wildman–Crippen LogP) is 4.51. The number of rotatable bonds is 4. The normalized spacial score (nSPS) is 18.4. The fourth-order valence-electron chi connectivity index (χ4n) is 4.34. The highest BCUT2D eigenvalue weighted by molar-refractivity contribution is 6.09. The minimum atomic E-state index is -0.660. The summed E-state index contributed by atoms with van der Waals surface area (Å²) in [4.78, 5) is 37.4. The fourth-order valence-corrected chi connectivity index (χ4v) is 4.34. The van der Waals surface area contributed by atoms with Crippen molar-refractivity contribution in [1.29, 1.82) is 0 Å². The van der Waals surface area contributed by atoms with E-state index in [1.165, 1.54) is 6.07 Å². The number of allylic oxidation sites excluding steroid dienone is 3. The van der Waals surface area contributed by atoms with Crippen molar-refractivity contribution in [3.05, 3.63) is 92.3 Å². The van der Waals surface area contributed by atoms with Gasteiger partial charge in [-0.2, -0.15) is 0 Å². The zero-order valence-corrected chi connectivity index (χ0v) is 17.4. The Balaban J connectivity index is 1.84. The molecule has 4 rings (SSSR count). The SMILES string of the molecule is CC1=C(C(=O)Nc2ccccc2)[C@@H](c2ccc(C)c([N+](=O)[O-])c2)C2=C(CCCC2=O)N1. The number of hydrogen-bond donors (Lipinski definition) is 2. The number of benzene rings is 2.